The molecule has 2 heterocycles. The SMILES string of the molecule is COc1ccc2c3c1O[C@H]1C(OC)[C@]4(CO)C[C@]5(CC[C@H]4C)[C@@H](C2)N(C(=O)C2CC2)CC[C@]315. The van der Waals surface area contributed by atoms with E-state index in [1.807, 2.05) is 6.07 Å². The van der Waals surface area contributed by atoms with Crippen LogP contribution in [0.4, 0.5) is 0 Å². The molecule has 33 heavy (non-hydrogen) atoms. The number of aliphatic hydroxyl groups excluding tert-OH is 1. The number of hydrogen-bond donors (Lipinski definition) is 1. The maximum Gasteiger partial charge on any atom is 0.225 e. The second-order valence-corrected chi connectivity index (χ2v) is 11.7. The predicted molar refractivity (Wildman–Crippen MR) is 121 cm³/mol. The van der Waals surface area contributed by atoms with Crippen molar-refractivity contribution in [1.82, 2.24) is 4.90 Å². The van der Waals surface area contributed by atoms with Crippen molar-refractivity contribution < 1.29 is 24.1 Å². The summed E-state index contributed by atoms with van der Waals surface area (Å²) >= 11 is 0. The Bertz CT molecular complexity index is 1040. The van der Waals surface area contributed by atoms with Gasteiger partial charge >= 0.3 is 0 Å². The first-order valence-corrected chi connectivity index (χ1v) is 12.8. The van der Waals surface area contributed by atoms with Crippen molar-refractivity contribution in [1.29, 1.82) is 0 Å². The van der Waals surface area contributed by atoms with Crippen LogP contribution in [0.25, 0.3) is 0 Å². The standard InChI is InChI=1S/C27H35NO5/c1-15-8-9-26-13-25(15,14-29)22(32-3)23-27(26)10-11-28(24(30)16-4-5-16)19(26)12-17-6-7-18(31-2)21(33-23)20(17)27/h6-7,15-16,19,22-23,29H,4-5,8-14H2,1-3H3/t15-,19-,22?,23+,25+,26-,27+/m1/s1. The summed E-state index contributed by atoms with van der Waals surface area (Å²) in [5.41, 5.74) is 1.97. The highest BCUT2D eigenvalue weighted by Gasteiger charge is 2.79. The molecule has 7 rings (SSSR count). The topological polar surface area (TPSA) is 68.2 Å². The quantitative estimate of drug-likeness (QED) is 0.759. The molecule has 178 valence electrons. The van der Waals surface area contributed by atoms with Crippen LogP contribution in [-0.2, 0) is 21.4 Å². The van der Waals surface area contributed by atoms with Crippen LogP contribution in [0.3, 0.4) is 0 Å². The number of hydrogen-bond acceptors (Lipinski definition) is 5. The highest BCUT2D eigenvalue weighted by atomic mass is 16.6. The molecular weight excluding hydrogens is 418 g/mol. The zero-order valence-corrected chi connectivity index (χ0v) is 19.9. The summed E-state index contributed by atoms with van der Waals surface area (Å²) in [5, 5.41) is 10.9. The normalized spacial score (nSPS) is 44.2. The largest absolute Gasteiger partial charge is 0.493 e. The maximum absolute atomic E-state index is 13.5. The van der Waals surface area contributed by atoms with E-state index in [0.717, 1.165) is 63.0 Å². The lowest BCUT2D eigenvalue weighted by molar-refractivity contribution is -0.260. The van der Waals surface area contributed by atoms with Crippen LogP contribution in [0.2, 0.25) is 0 Å². The summed E-state index contributed by atoms with van der Waals surface area (Å²) < 4.78 is 19.0. The molecule has 7 atom stereocenters. The molecule has 4 aliphatic carbocycles. The van der Waals surface area contributed by atoms with Crippen LogP contribution in [0.5, 0.6) is 11.5 Å². The number of rotatable bonds is 4. The lowest BCUT2D eigenvalue weighted by Crippen LogP contribution is -2.79. The fourth-order valence-corrected chi connectivity index (χ4v) is 9.29. The molecular formula is C27H35NO5. The van der Waals surface area contributed by atoms with Gasteiger partial charge in [0.2, 0.25) is 5.91 Å². The number of likely N-dealkylation sites (tertiary alicyclic amines) is 1. The van der Waals surface area contributed by atoms with Crippen LogP contribution >= 0.6 is 0 Å². The monoisotopic (exact) mass is 453 g/mol. The Morgan fingerprint density at radius 2 is 2.06 bits per heavy atom. The summed E-state index contributed by atoms with van der Waals surface area (Å²) in [6.45, 7) is 3.15. The first-order chi connectivity index (χ1) is 16.0. The minimum Gasteiger partial charge on any atom is -0.493 e. The van der Waals surface area contributed by atoms with Gasteiger partial charge in [-0.25, -0.2) is 0 Å². The van der Waals surface area contributed by atoms with Crippen LogP contribution < -0.4 is 9.47 Å². The van der Waals surface area contributed by atoms with Crippen molar-refractivity contribution in [3.05, 3.63) is 23.3 Å². The van der Waals surface area contributed by atoms with E-state index in [-0.39, 0.29) is 47.0 Å². The van der Waals surface area contributed by atoms with Gasteiger partial charge in [0, 0.05) is 47.4 Å². The fourth-order valence-electron chi connectivity index (χ4n) is 9.29. The Morgan fingerprint density at radius 3 is 2.76 bits per heavy atom. The summed E-state index contributed by atoms with van der Waals surface area (Å²) in [4.78, 5) is 15.8. The summed E-state index contributed by atoms with van der Waals surface area (Å²) in [5.74, 6) is 2.59. The molecule has 1 amide bonds. The second-order valence-electron chi connectivity index (χ2n) is 11.7. The van der Waals surface area contributed by atoms with Gasteiger partial charge in [-0.2, -0.15) is 0 Å². The minimum absolute atomic E-state index is 0.0913. The third-order valence-electron chi connectivity index (χ3n) is 10.9. The fraction of sp³-hybridized carbons (Fsp3) is 0.741. The second kappa shape index (κ2) is 6.45. The van der Waals surface area contributed by atoms with E-state index in [0.29, 0.717) is 11.8 Å². The van der Waals surface area contributed by atoms with Crippen LogP contribution in [-0.4, -0.2) is 61.5 Å². The molecule has 1 aromatic rings. The Labute approximate surface area is 195 Å². The number of methoxy groups -OCH3 is 2. The number of benzene rings is 1. The Hall–Kier alpha value is -1.79. The number of aliphatic hydroxyl groups is 1. The number of fused-ring (bicyclic) bond motifs is 1. The zero-order chi connectivity index (χ0) is 22.8. The number of carbonyl (C=O) groups is 1. The molecule has 1 N–H and O–H groups in total. The number of nitrogens with zero attached hydrogens (tertiary/aromatic N) is 1. The third kappa shape index (κ3) is 2.13. The number of ether oxygens (including phenoxy) is 3. The summed E-state index contributed by atoms with van der Waals surface area (Å²) in [7, 11) is 3.49. The third-order valence-corrected chi connectivity index (χ3v) is 10.9. The Morgan fingerprint density at radius 1 is 1.24 bits per heavy atom. The summed E-state index contributed by atoms with van der Waals surface area (Å²) in [6, 6.07) is 4.40. The molecule has 6 heteroatoms. The lowest BCUT2D eigenvalue weighted by atomic mass is 9.35. The molecule has 0 aromatic heterocycles. The van der Waals surface area contributed by atoms with Crippen molar-refractivity contribution >= 4 is 5.91 Å². The Kier molecular flexibility index (Phi) is 4.02. The van der Waals surface area contributed by atoms with E-state index >= 15 is 0 Å². The lowest BCUT2D eigenvalue weighted by Gasteiger charge is -2.72. The van der Waals surface area contributed by atoms with Crippen molar-refractivity contribution in [3.8, 4) is 11.5 Å². The molecule has 6 nitrogen and oxygen atoms in total. The van der Waals surface area contributed by atoms with Gasteiger partial charge in [0.25, 0.3) is 0 Å². The number of amides is 1. The van der Waals surface area contributed by atoms with Gasteiger partial charge in [-0.3, -0.25) is 4.79 Å². The molecule has 4 fully saturated rings. The molecule has 1 saturated heterocycles. The van der Waals surface area contributed by atoms with Gasteiger partial charge in [0.15, 0.2) is 11.5 Å². The predicted octanol–water partition coefficient (Wildman–Crippen LogP) is 3.07. The molecule has 4 bridgehead atoms. The van der Waals surface area contributed by atoms with E-state index in [4.69, 9.17) is 14.2 Å². The molecule has 1 unspecified atom stereocenters. The van der Waals surface area contributed by atoms with E-state index < -0.39 is 0 Å². The van der Waals surface area contributed by atoms with Crippen molar-refractivity contribution in [3.63, 3.8) is 0 Å². The zero-order valence-electron chi connectivity index (χ0n) is 19.9. The van der Waals surface area contributed by atoms with Crippen LogP contribution in [0.15, 0.2) is 12.1 Å². The number of piperidine rings is 1. The van der Waals surface area contributed by atoms with Crippen LogP contribution in [0, 0.1) is 22.7 Å². The van der Waals surface area contributed by atoms with Crippen molar-refractivity contribution in [2.75, 3.05) is 27.4 Å². The van der Waals surface area contributed by atoms with Gasteiger partial charge in [-0.15, -0.1) is 0 Å². The van der Waals surface area contributed by atoms with E-state index in [9.17, 15) is 9.90 Å². The number of carbonyl (C=O) groups excluding carboxylic acids is 1. The molecule has 2 aliphatic heterocycles. The molecule has 1 aromatic carbocycles. The van der Waals surface area contributed by atoms with Gasteiger partial charge in [0.05, 0.1) is 13.7 Å². The van der Waals surface area contributed by atoms with E-state index in [1.54, 1.807) is 14.2 Å². The van der Waals surface area contributed by atoms with Gasteiger partial charge in [0.1, 0.15) is 12.2 Å². The van der Waals surface area contributed by atoms with E-state index in [2.05, 4.69) is 17.9 Å². The average Bonchev–Trinajstić information content (AvgIpc) is 3.61. The molecule has 3 saturated carbocycles. The van der Waals surface area contributed by atoms with E-state index in [1.165, 1.54) is 11.1 Å². The van der Waals surface area contributed by atoms with Crippen molar-refractivity contribution in [2.24, 2.45) is 22.7 Å². The summed E-state index contributed by atoms with van der Waals surface area (Å²) in [6.07, 6.45) is 6.49. The first-order valence-electron chi connectivity index (χ1n) is 12.8. The Balaban J connectivity index is 1.50. The van der Waals surface area contributed by atoms with Crippen LogP contribution in [0.1, 0.15) is 56.6 Å². The molecule has 0 radical (unpaired) electrons. The van der Waals surface area contributed by atoms with Gasteiger partial charge < -0.3 is 24.2 Å². The molecule has 2 spiro atoms. The highest BCUT2D eigenvalue weighted by Crippen LogP contribution is 2.76. The first kappa shape index (κ1) is 20.6. The van der Waals surface area contributed by atoms with Crippen molar-refractivity contribution in [2.45, 2.75) is 75.5 Å². The minimum atomic E-state index is -0.363. The smallest absolute Gasteiger partial charge is 0.225 e. The maximum atomic E-state index is 13.5. The average molecular weight is 454 g/mol. The van der Waals surface area contributed by atoms with Gasteiger partial charge in [-0.1, -0.05) is 13.0 Å². The molecule has 6 aliphatic rings. The van der Waals surface area contributed by atoms with Gasteiger partial charge in [-0.05, 0) is 62.5 Å². The highest BCUT2D eigenvalue weighted by molar-refractivity contribution is 5.82.